The highest BCUT2D eigenvalue weighted by molar-refractivity contribution is 5.94. The van der Waals surface area contributed by atoms with Gasteiger partial charge in [0.15, 0.2) is 0 Å². The van der Waals surface area contributed by atoms with Gasteiger partial charge in [0.2, 0.25) is 0 Å². The Morgan fingerprint density at radius 3 is 2.40 bits per heavy atom. The van der Waals surface area contributed by atoms with Gasteiger partial charge >= 0.3 is 12.1 Å². The van der Waals surface area contributed by atoms with E-state index in [0.29, 0.717) is 18.0 Å². The lowest BCUT2D eigenvalue weighted by atomic mass is 10.2. The predicted octanol–water partition coefficient (Wildman–Crippen LogP) is 3.54. The van der Waals surface area contributed by atoms with Crippen LogP contribution in [0.3, 0.4) is 0 Å². The Balaban J connectivity index is 2.45. The topological polar surface area (TPSA) is 62.2 Å². The molecule has 2 aromatic rings. The van der Waals surface area contributed by atoms with Crippen molar-refractivity contribution in [2.45, 2.75) is 6.18 Å². The summed E-state index contributed by atoms with van der Waals surface area (Å²) in [4.78, 5) is 14.1. The van der Waals surface area contributed by atoms with E-state index in [2.05, 4.69) is 10.3 Å². The number of carboxylic acids is 1. The Morgan fingerprint density at radius 1 is 1.20 bits per heavy atom. The molecule has 7 heteroatoms. The van der Waals surface area contributed by atoms with Crippen molar-refractivity contribution in [3.05, 3.63) is 53.9 Å². The molecule has 0 unspecified atom stereocenters. The maximum absolute atomic E-state index is 12.6. The summed E-state index contributed by atoms with van der Waals surface area (Å²) >= 11 is 0. The normalized spacial score (nSPS) is 11.2. The molecule has 0 bridgehead atoms. The monoisotopic (exact) mass is 282 g/mol. The van der Waals surface area contributed by atoms with E-state index in [4.69, 9.17) is 5.11 Å². The van der Waals surface area contributed by atoms with Gasteiger partial charge in [0, 0.05) is 11.9 Å². The van der Waals surface area contributed by atoms with Crippen molar-refractivity contribution < 1.29 is 23.1 Å². The second kappa shape index (κ2) is 5.20. The minimum absolute atomic E-state index is 0.161. The van der Waals surface area contributed by atoms with Crippen molar-refractivity contribution in [1.82, 2.24) is 4.98 Å². The number of aromatic carboxylic acids is 1. The van der Waals surface area contributed by atoms with E-state index in [1.54, 1.807) is 30.3 Å². The molecule has 104 valence electrons. The zero-order chi connectivity index (χ0) is 14.8. The number of nitrogens with zero attached hydrogens (tertiary/aromatic N) is 1. The lowest BCUT2D eigenvalue weighted by molar-refractivity contribution is -0.141. The average molecular weight is 282 g/mol. The smallest absolute Gasteiger partial charge is 0.433 e. The quantitative estimate of drug-likeness (QED) is 0.903. The maximum atomic E-state index is 12.6. The standard InChI is InChI=1S/C13H9F3N2O2/c14-13(15,16)11-6-10(9(7-17-11)12(19)20)18-8-4-2-1-3-5-8/h1-7H,(H,17,18)(H,19,20). The molecule has 2 rings (SSSR count). The Bertz CT molecular complexity index is 627. The summed E-state index contributed by atoms with van der Waals surface area (Å²) in [6, 6.07) is 8.98. The largest absolute Gasteiger partial charge is 0.478 e. The Hall–Kier alpha value is -2.57. The fourth-order valence-corrected chi connectivity index (χ4v) is 1.56. The van der Waals surface area contributed by atoms with Gasteiger partial charge in [-0.1, -0.05) is 18.2 Å². The van der Waals surface area contributed by atoms with Gasteiger partial charge in [-0.25, -0.2) is 4.79 Å². The lowest BCUT2D eigenvalue weighted by Crippen LogP contribution is -2.11. The molecule has 0 amide bonds. The molecule has 2 N–H and O–H groups in total. The molecule has 0 aliphatic carbocycles. The first kappa shape index (κ1) is 13.9. The van der Waals surface area contributed by atoms with Gasteiger partial charge in [-0.3, -0.25) is 4.98 Å². The first-order chi connectivity index (χ1) is 9.38. The van der Waals surface area contributed by atoms with Crippen molar-refractivity contribution >= 4 is 17.3 Å². The molecule has 1 heterocycles. The van der Waals surface area contributed by atoms with E-state index < -0.39 is 17.8 Å². The molecule has 0 saturated carbocycles. The van der Waals surface area contributed by atoms with Crippen LogP contribution in [-0.4, -0.2) is 16.1 Å². The van der Waals surface area contributed by atoms with Gasteiger partial charge in [0.1, 0.15) is 11.3 Å². The first-order valence-corrected chi connectivity index (χ1v) is 5.50. The van der Waals surface area contributed by atoms with Crippen molar-refractivity contribution in [3.8, 4) is 0 Å². The fraction of sp³-hybridized carbons (Fsp3) is 0.0769. The summed E-state index contributed by atoms with van der Waals surface area (Å²) in [5, 5.41) is 11.6. The second-order valence-electron chi connectivity index (χ2n) is 3.91. The minimum atomic E-state index is -4.63. The number of aromatic nitrogens is 1. The van der Waals surface area contributed by atoms with Gasteiger partial charge in [-0.2, -0.15) is 13.2 Å². The summed E-state index contributed by atoms with van der Waals surface area (Å²) in [6.07, 6.45) is -3.94. The Kier molecular flexibility index (Phi) is 3.60. The first-order valence-electron chi connectivity index (χ1n) is 5.50. The van der Waals surface area contributed by atoms with Crippen molar-refractivity contribution in [2.24, 2.45) is 0 Å². The van der Waals surface area contributed by atoms with Crippen LogP contribution in [0.15, 0.2) is 42.6 Å². The number of hydrogen-bond acceptors (Lipinski definition) is 3. The highest BCUT2D eigenvalue weighted by atomic mass is 19.4. The van der Waals surface area contributed by atoms with Crippen LogP contribution >= 0.6 is 0 Å². The van der Waals surface area contributed by atoms with E-state index in [9.17, 15) is 18.0 Å². The second-order valence-corrected chi connectivity index (χ2v) is 3.91. The number of carbonyl (C=O) groups is 1. The molecule has 0 atom stereocenters. The van der Waals surface area contributed by atoms with E-state index in [-0.39, 0.29) is 11.3 Å². The van der Waals surface area contributed by atoms with E-state index in [1.165, 1.54) is 0 Å². The third kappa shape index (κ3) is 3.05. The number of halogens is 3. The number of pyridine rings is 1. The van der Waals surface area contributed by atoms with Crippen molar-refractivity contribution in [2.75, 3.05) is 5.32 Å². The zero-order valence-electron chi connectivity index (χ0n) is 9.98. The van der Waals surface area contributed by atoms with Crippen LogP contribution in [0, 0.1) is 0 Å². The number of benzene rings is 1. The molecule has 1 aromatic heterocycles. The Morgan fingerprint density at radius 2 is 1.85 bits per heavy atom. The highest BCUT2D eigenvalue weighted by Crippen LogP contribution is 2.31. The molecule has 0 fully saturated rings. The van der Waals surface area contributed by atoms with Crippen LogP contribution < -0.4 is 5.32 Å². The van der Waals surface area contributed by atoms with Gasteiger partial charge < -0.3 is 10.4 Å². The summed E-state index contributed by atoms with van der Waals surface area (Å²) in [6.45, 7) is 0. The SMILES string of the molecule is O=C(O)c1cnc(C(F)(F)F)cc1Nc1ccccc1. The van der Waals surface area contributed by atoms with Gasteiger partial charge in [0.05, 0.1) is 5.69 Å². The molecule has 20 heavy (non-hydrogen) atoms. The fourth-order valence-electron chi connectivity index (χ4n) is 1.56. The summed E-state index contributed by atoms with van der Waals surface area (Å²) in [7, 11) is 0. The number of alkyl halides is 3. The van der Waals surface area contributed by atoms with E-state index >= 15 is 0 Å². The van der Waals surface area contributed by atoms with Crippen LogP contribution in [0.1, 0.15) is 16.1 Å². The number of hydrogen-bond donors (Lipinski definition) is 2. The number of rotatable bonds is 3. The van der Waals surface area contributed by atoms with Gasteiger partial charge in [-0.05, 0) is 18.2 Å². The minimum Gasteiger partial charge on any atom is -0.478 e. The number of nitrogens with one attached hydrogen (secondary N) is 1. The molecule has 0 saturated heterocycles. The van der Waals surface area contributed by atoms with E-state index in [0.717, 1.165) is 0 Å². The lowest BCUT2D eigenvalue weighted by Gasteiger charge is -2.12. The predicted molar refractivity (Wildman–Crippen MR) is 65.9 cm³/mol. The molecular weight excluding hydrogens is 273 g/mol. The van der Waals surface area contributed by atoms with Gasteiger partial charge in [0.25, 0.3) is 0 Å². The van der Waals surface area contributed by atoms with Crippen LogP contribution in [-0.2, 0) is 6.18 Å². The van der Waals surface area contributed by atoms with Crippen LogP contribution in [0.5, 0.6) is 0 Å². The molecule has 0 radical (unpaired) electrons. The average Bonchev–Trinajstić information content (AvgIpc) is 2.38. The third-order valence-electron chi connectivity index (χ3n) is 2.48. The summed E-state index contributed by atoms with van der Waals surface area (Å²) in [5.41, 5.74) is -1.16. The third-order valence-corrected chi connectivity index (χ3v) is 2.48. The zero-order valence-corrected chi connectivity index (χ0v) is 9.98. The van der Waals surface area contributed by atoms with Crippen LogP contribution in [0.2, 0.25) is 0 Å². The van der Waals surface area contributed by atoms with Crippen molar-refractivity contribution in [1.29, 1.82) is 0 Å². The summed E-state index contributed by atoms with van der Waals surface area (Å²) < 4.78 is 37.8. The highest BCUT2D eigenvalue weighted by Gasteiger charge is 2.33. The molecular formula is C13H9F3N2O2. The molecule has 0 aliphatic heterocycles. The number of carboxylic acid groups (broad SMARTS) is 1. The number of anilines is 2. The van der Waals surface area contributed by atoms with Gasteiger partial charge in [-0.15, -0.1) is 0 Å². The van der Waals surface area contributed by atoms with Crippen LogP contribution in [0.25, 0.3) is 0 Å². The van der Waals surface area contributed by atoms with E-state index in [1.807, 2.05) is 0 Å². The van der Waals surface area contributed by atoms with Crippen molar-refractivity contribution in [3.63, 3.8) is 0 Å². The molecule has 4 nitrogen and oxygen atoms in total. The molecule has 0 aliphatic rings. The van der Waals surface area contributed by atoms with Crippen LogP contribution in [0.4, 0.5) is 24.5 Å². The summed E-state index contributed by atoms with van der Waals surface area (Å²) in [5.74, 6) is -1.36. The molecule has 1 aromatic carbocycles. The molecule has 0 spiro atoms. The maximum Gasteiger partial charge on any atom is 0.433 e. The number of para-hydroxylation sites is 1. The Labute approximate surface area is 111 Å².